The summed E-state index contributed by atoms with van der Waals surface area (Å²) in [6, 6.07) is -0.833. The van der Waals surface area contributed by atoms with Crippen LogP contribution in [-0.4, -0.2) is 100 Å². The van der Waals surface area contributed by atoms with E-state index in [0.29, 0.717) is 19.4 Å². The number of unbranched alkanes of at least 4 members (excludes halogenated alkanes) is 40. The van der Waals surface area contributed by atoms with Gasteiger partial charge >= 0.3 is 5.97 Å². The Morgan fingerprint density at radius 1 is 0.438 bits per heavy atom. The van der Waals surface area contributed by atoms with Crippen LogP contribution in [0.3, 0.4) is 0 Å². The van der Waals surface area contributed by atoms with Crippen LogP contribution in [0, 0.1) is 0 Å². The van der Waals surface area contributed by atoms with Crippen molar-refractivity contribution in [3.63, 3.8) is 0 Å². The van der Waals surface area contributed by atoms with Crippen molar-refractivity contribution < 1.29 is 49.3 Å². The van der Waals surface area contributed by atoms with E-state index < -0.39 is 49.5 Å². The number of hydrogen-bond donors (Lipinski definition) is 6. The molecule has 1 rings (SSSR count). The minimum absolute atomic E-state index is 0.00145. The van der Waals surface area contributed by atoms with Gasteiger partial charge in [0.05, 0.1) is 32.0 Å². The van der Waals surface area contributed by atoms with Gasteiger partial charge in [0, 0.05) is 12.8 Å². The van der Waals surface area contributed by atoms with Crippen molar-refractivity contribution in [1.29, 1.82) is 0 Å². The molecule has 89 heavy (non-hydrogen) atoms. The molecule has 1 aliphatic heterocycles. The monoisotopic (exact) mass is 1250 g/mol. The number of esters is 1. The van der Waals surface area contributed by atoms with Gasteiger partial charge in [-0.25, -0.2) is 0 Å². The van der Waals surface area contributed by atoms with E-state index in [1.54, 1.807) is 6.08 Å². The highest BCUT2D eigenvalue weighted by atomic mass is 16.7. The number of carbonyl (C=O) groups excluding carboxylic acids is 2. The molecule has 7 atom stereocenters. The molecule has 516 valence electrons. The van der Waals surface area contributed by atoms with Gasteiger partial charge in [0.2, 0.25) is 5.91 Å². The van der Waals surface area contributed by atoms with Crippen molar-refractivity contribution in [3.05, 3.63) is 85.1 Å². The minimum atomic E-state index is -1.58. The highest BCUT2D eigenvalue weighted by Gasteiger charge is 2.44. The zero-order chi connectivity index (χ0) is 64.4. The Kier molecular flexibility index (Phi) is 62.5. The number of ether oxygens (including phenoxy) is 3. The Bertz CT molecular complexity index is 1760. The van der Waals surface area contributed by atoms with Crippen molar-refractivity contribution in [1.82, 2.24) is 5.32 Å². The van der Waals surface area contributed by atoms with Crippen LogP contribution in [0.25, 0.3) is 0 Å². The fourth-order valence-corrected chi connectivity index (χ4v) is 11.4. The summed E-state index contributed by atoms with van der Waals surface area (Å²) in [5.41, 5.74) is 0. The molecule has 1 heterocycles. The molecule has 1 aliphatic rings. The van der Waals surface area contributed by atoms with Gasteiger partial charge in [0.15, 0.2) is 6.29 Å². The standard InChI is InChI=1S/C78H139NO10/c1-3-5-7-9-11-13-14-15-16-36-40-43-46-50-54-58-62-66-74(83)87-67-63-59-55-51-47-44-41-38-35-33-31-29-27-25-23-21-19-17-18-20-22-24-26-28-30-32-34-37-39-42-45-49-53-57-61-65-73(82)79-70(71(81)64-60-56-52-48-12-10-8-6-4-2)69-88-78-77(86)76(85)75(84)72(68-80)89-78/h4,6,11-13,15-16,19,21,25,27,48,60,64,70-72,75-78,80-81,84-86H,3,5,7-10,14,17-18,20,22-24,26,28-47,49-59,61-63,65-69H2,1-2H3,(H,79,82)/b6-4+,13-11-,16-15-,21-19-,27-25-,48-12+,64-60+. The molecule has 7 unspecified atom stereocenters. The molecule has 11 heteroatoms. The highest BCUT2D eigenvalue weighted by Crippen LogP contribution is 2.23. The normalized spacial score (nSPS) is 18.2. The predicted molar refractivity (Wildman–Crippen MR) is 375 cm³/mol. The predicted octanol–water partition coefficient (Wildman–Crippen LogP) is 19.6. The van der Waals surface area contributed by atoms with E-state index in [9.17, 15) is 35.1 Å². The molecule has 1 saturated heterocycles. The topological polar surface area (TPSA) is 175 Å². The maximum absolute atomic E-state index is 13.0. The summed E-state index contributed by atoms with van der Waals surface area (Å²) in [5, 5.41) is 54.2. The van der Waals surface area contributed by atoms with E-state index in [1.165, 1.54) is 231 Å². The van der Waals surface area contributed by atoms with Crippen molar-refractivity contribution >= 4 is 11.9 Å². The van der Waals surface area contributed by atoms with Crippen molar-refractivity contribution in [2.75, 3.05) is 19.8 Å². The van der Waals surface area contributed by atoms with Gasteiger partial charge in [-0.15, -0.1) is 0 Å². The Balaban J connectivity index is 1.89. The number of amides is 1. The third-order valence-electron chi connectivity index (χ3n) is 17.3. The number of hydrogen-bond acceptors (Lipinski definition) is 10. The van der Waals surface area contributed by atoms with E-state index in [0.717, 1.165) is 77.0 Å². The number of allylic oxidation sites excluding steroid dienone is 13. The Hall–Kier alpha value is -3.16. The molecule has 0 bridgehead atoms. The smallest absolute Gasteiger partial charge is 0.305 e. The lowest BCUT2D eigenvalue weighted by molar-refractivity contribution is -0.302. The molecule has 1 fully saturated rings. The maximum atomic E-state index is 13.0. The molecule has 0 radical (unpaired) electrons. The molecule has 0 aromatic heterocycles. The molecular weight excluding hydrogens is 1110 g/mol. The highest BCUT2D eigenvalue weighted by molar-refractivity contribution is 5.76. The second-order valence-electron chi connectivity index (χ2n) is 25.6. The summed E-state index contributed by atoms with van der Waals surface area (Å²) in [5.74, 6) is -0.196. The first-order valence-electron chi connectivity index (χ1n) is 37.3. The zero-order valence-electron chi connectivity index (χ0n) is 57.4. The molecule has 1 amide bonds. The van der Waals surface area contributed by atoms with Gasteiger partial charge in [0.1, 0.15) is 24.4 Å². The molecule has 6 N–H and O–H groups in total. The van der Waals surface area contributed by atoms with Crippen molar-refractivity contribution in [2.24, 2.45) is 0 Å². The van der Waals surface area contributed by atoms with Crippen LogP contribution in [0.15, 0.2) is 85.1 Å². The summed E-state index contributed by atoms with van der Waals surface area (Å²) in [4.78, 5) is 25.1. The fourth-order valence-electron chi connectivity index (χ4n) is 11.4. The average Bonchev–Trinajstić information content (AvgIpc) is 1.92. The minimum Gasteiger partial charge on any atom is -0.466 e. The summed E-state index contributed by atoms with van der Waals surface area (Å²) >= 11 is 0. The SMILES string of the molecule is C/C=C/CC/C=C/CC/C=C/C(O)C(COC1OC(CO)C(O)C(O)C1O)NC(=O)CCCCCCCCCCCCCCCCCCC/C=C\C/C=C\CCCCCCCCCCCCCOC(=O)CCCCCCCCC/C=C\C/C=C\CCCCC. The largest absolute Gasteiger partial charge is 0.466 e. The van der Waals surface area contributed by atoms with Crippen LogP contribution in [0.5, 0.6) is 0 Å². The number of rotatable bonds is 65. The number of nitrogens with one attached hydrogen (secondary N) is 1. The second kappa shape index (κ2) is 66.3. The van der Waals surface area contributed by atoms with Gasteiger partial charge in [0.25, 0.3) is 0 Å². The summed E-state index contributed by atoms with van der Waals surface area (Å²) in [6.45, 7) is 4.08. The van der Waals surface area contributed by atoms with Crippen LogP contribution in [0.4, 0.5) is 0 Å². The van der Waals surface area contributed by atoms with Gasteiger partial charge in [-0.3, -0.25) is 9.59 Å². The van der Waals surface area contributed by atoms with Crippen LogP contribution >= 0.6 is 0 Å². The Labute approximate surface area is 546 Å². The molecule has 0 aromatic rings. The lowest BCUT2D eigenvalue weighted by Gasteiger charge is -2.40. The van der Waals surface area contributed by atoms with Gasteiger partial charge in [-0.05, 0) is 116 Å². The summed E-state index contributed by atoms with van der Waals surface area (Å²) < 4.78 is 16.7. The van der Waals surface area contributed by atoms with Crippen LogP contribution in [0.1, 0.15) is 335 Å². The van der Waals surface area contributed by atoms with Crippen molar-refractivity contribution in [2.45, 2.75) is 378 Å². The second-order valence-corrected chi connectivity index (χ2v) is 25.6. The van der Waals surface area contributed by atoms with Gasteiger partial charge < -0.3 is 45.1 Å². The average molecular weight is 1250 g/mol. The van der Waals surface area contributed by atoms with Crippen molar-refractivity contribution in [3.8, 4) is 0 Å². The zero-order valence-corrected chi connectivity index (χ0v) is 57.4. The maximum Gasteiger partial charge on any atom is 0.305 e. The molecule has 0 spiro atoms. The summed E-state index contributed by atoms with van der Waals surface area (Å²) in [7, 11) is 0. The molecule has 0 aromatic carbocycles. The number of carbonyl (C=O) groups is 2. The Morgan fingerprint density at radius 2 is 0.809 bits per heavy atom. The quantitative estimate of drug-likeness (QED) is 0.0195. The molecule has 0 saturated carbocycles. The first kappa shape index (κ1) is 83.9. The van der Waals surface area contributed by atoms with E-state index in [2.05, 4.69) is 79.1 Å². The van der Waals surface area contributed by atoms with E-state index in [1.807, 2.05) is 19.1 Å². The number of aliphatic hydroxyl groups is 5. The van der Waals surface area contributed by atoms with E-state index >= 15 is 0 Å². The third kappa shape index (κ3) is 55.0. The Morgan fingerprint density at radius 3 is 1.24 bits per heavy atom. The lowest BCUT2D eigenvalue weighted by Crippen LogP contribution is -2.60. The summed E-state index contributed by atoms with van der Waals surface area (Å²) in [6.07, 6.45) is 82.1. The van der Waals surface area contributed by atoms with E-state index in [-0.39, 0.29) is 18.5 Å². The van der Waals surface area contributed by atoms with Gasteiger partial charge in [-0.2, -0.15) is 0 Å². The van der Waals surface area contributed by atoms with E-state index in [4.69, 9.17) is 14.2 Å². The molecule has 11 nitrogen and oxygen atoms in total. The third-order valence-corrected chi connectivity index (χ3v) is 17.3. The van der Waals surface area contributed by atoms with Crippen LogP contribution in [0.2, 0.25) is 0 Å². The molecule has 0 aliphatic carbocycles. The van der Waals surface area contributed by atoms with Crippen LogP contribution < -0.4 is 5.32 Å². The lowest BCUT2D eigenvalue weighted by atomic mass is 9.99. The number of aliphatic hydroxyl groups excluding tert-OH is 5. The fraction of sp³-hybridized carbons (Fsp3) is 0.795. The van der Waals surface area contributed by atoms with Crippen LogP contribution in [-0.2, 0) is 23.8 Å². The molecular formula is C78H139NO10. The first-order valence-corrected chi connectivity index (χ1v) is 37.3. The van der Waals surface area contributed by atoms with Gasteiger partial charge in [-0.1, -0.05) is 291 Å². The first-order chi connectivity index (χ1) is 43.7.